The Bertz CT molecular complexity index is 1080. The maximum absolute atomic E-state index is 11.7. The van der Waals surface area contributed by atoms with Gasteiger partial charge in [-0.05, 0) is 36.4 Å². The van der Waals surface area contributed by atoms with Crippen LogP contribution in [0.25, 0.3) is 0 Å². The minimum absolute atomic E-state index is 0. The number of carbonyl (C=O) groups is 3. The molecule has 192 valence electrons. The van der Waals surface area contributed by atoms with E-state index in [0.29, 0.717) is 0 Å². The molecule has 3 aromatic carbocycles. The van der Waals surface area contributed by atoms with Gasteiger partial charge in [0.15, 0.2) is 0 Å². The minimum atomic E-state index is -0.711. The number of aliphatic hydroxyl groups excluding tert-OH is 1. The average Bonchev–Trinajstić information content (AvgIpc) is 2.86. The number of aromatic hydroxyl groups is 3. The van der Waals surface area contributed by atoms with Crippen LogP contribution >= 0.6 is 0 Å². The summed E-state index contributed by atoms with van der Waals surface area (Å²) in [6.45, 7) is -0.606. The molecule has 0 bridgehead atoms. The van der Waals surface area contributed by atoms with E-state index < -0.39 is 17.9 Å². The van der Waals surface area contributed by atoms with E-state index in [1.165, 1.54) is 36.4 Å². The molecule has 0 saturated carbocycles. The molecule has 0 amide bonds. The fourth-order valence-electron chi connectivity index (χ4n) is 2.58. The molecule has 0 unspecified atom stereocenters. The molecule has 0 atom stereocenters. The lowest BCUT2D eigenvalue weighted by molar-refractivity contribution is 0.0262. The molecule has 3 rings (SSSR count). The van der Waals surface area contributed by atoms with E-state index in [0.717, 1.165) is 0 Å². The maximum Gasteiger partial charge on any atom is 0.342 e. The molecule has 10 nitrogen and oxygen atoms in total. The van der Waals surface area contributed by atoms with Gasteiger partial charge in [0.25, 0.3) is 0 Å². The fraction of sp³-hybridized carbons (Fsp3) is 0.192. The quantitative estimate of drug-likeness (QED) is 0.205. The Hall–Kier alpha value is -4.57. The van der Waals surface area contributed by atoms with Crippen LogP contribution in [0.2, 0.25) is 0 Å². The van der Waals surface area contributed by atoms with Gasteiger partial charge in [0.05, 0.1) is 6.61 Å². The normalized spacial score (nSPS) is 9.58. The van der Waals surface area contributed by atoms with Crippen LogP contribution in [0.1, 0.15) is 38.5 Å². The van der Waals surface area contributed by atoms with Crippen LogP contribution in [-0.4, -0.2) is 64.8 Å². The summed E-state index contributed by atoms with van der Waals surface area (Å²) in [4.78, 5) is 34.5. The Morgan fingerprint density at radius 2 is 0.806 bits per heavy atom. The van der Waals surface area contributed by atoms with Gasteiger partial charge in [0.1, 0.15) is 53.8 Å². The number of aliphatic hydroxyl groups is 1. The van der Waals surface area contributed by atoms with Crippen molar-refractivity contribution in [2.75, 3.05) is 26.4 Å². The fourth-order valence-corrected chi connectivity index (χ4v) is 2.58. The Kier molecular flexibility index (Phi) is 12.6. The maximum atomic E-state index is 11.7. The van der Waals surface area contributed by atoms with E-state index in [-0.39, 0.29) is 67.8 Å². The number of esters is 3. The third-order valence-corrected chi connectivity index (χ3v) is 4.25. The lowest BCUT2D eigenvalue weighted by atomic mass is 10.2. The summed E-state index contributed by atoms with van der Waals surface area (Å²) in [7, 11) is 0. The molecule has 0 saturated heterocycles. The molecule has 0 radical (unpaired) electrons. The van der Waals surface area contributed by atoms with Crippen LogP contribution in [0, 0.1) is 0 Å². The van der Waals surface area contributed by atoms with Crippen LogP contribution in [0.4, 0.5) is 0 Å². The first-order valence-corrected chi connectivity index (χ1v) is 10.3. The summed E-state index contributed by atoms with van der Waals surface area (Å²) in [5, 5.41) is 36.6. The molecule has 0 heterocycles. The van der Waals surface area contributed by atoms with E-state index >= 15 is 0 Å². The second-order valence-electron chi connectivity index (χ2n) is 6.68. The molecule has 4 N–H and O–H groups in total. The number of ether oxygens (including phenoxy) is 3. The summed E-state index contributed by atoms with van der Waals surface area (Å²) in [5.41, 5.74) is 0.181. The van der Waals surface area contributed by atoms with Gasteiger partial charge in [-0.1, -0.05) is 43.8 Å². The minimum Gasteiger partial charge on any atom is -0.507 e. The zero-order valence-electron chi connectivity index (χ0n) is 18.5. The van der Waals surface area contributed by atoms with Crippen molar-refractivity contribution in [2.24, 2.45) is 0 Å². The molecule has 36 heavy (non-hydrogen) atoms. The third kappa shape index (κ3) is 8.99. The molecule has 10 heteroatoms. The van der Waals surface area contributed by atoms with E-state index in [9.17, 15) is 29.7 Å². The van der Waals surface area contributed by atoms with Gasteiger partial charge in [-0.15, -0.1) is 0 Å². The van der Waals surface area contributed by atoms with E-state index in [2.05, 4.69) is 4.74 Å². The topological polar surface area (TPSA) is 160 Å². The Morgan fingerprint density at radius 3 is 1.08 bits per heavy atom. The molecular weight excluding hydrogens is 472 g/mol. The molecule has 3 aromatic rings. The predicted octanol–water partition coefficient (Wildman–Crippen LogP) is 3.29. The largest absolute Gasteiger partial charge is 0.507 e. The van der Waals surface area contributed by atoms with Crippen LogP contribution in [0.15, 0.2) is 72.8 Å². The van der Waals surface area contributed by atoms with Crippen LogP contribution in [0.3, 0.4) is 0 Å². The number of rotatable bonds is 8. The first-order chi connectivity index (χ1) is 16.8. The van der Waals surface area contributed by atoms with Crippen LogP contribution < -0.4 is 0 Å². The van der Waals surface area contributed by atoms with Crippen molar-refractivity contribution >= 4 is 17.9 Å². The Balaban J connectivity index is 0.000000397. The van der Waals surface area contributed by atoms with Gasteiger partial charge < -0.3 is 34.6 Å². The van der Waals surface area contributed by atoms with Gasteiger partial charge in [0, 0.05) is 0 Å². The lowest BCUT2D eigenvalue weighted by Crippen LogP contribution is -2.14. The van der Waals surface area contributed by atoms with Crippen molar-refractivity contribution in [1.29, 1.82) is 0 Å². The number of hydrogen-bond donors (Lipinski definition) is 4. The summed E-state index contributed by atoms with van der Waals surface area (Å²) in [6.07, 6.45) is 0. The van der Waals surface area contributed by atoms with Crippen LogP contribution in [-0.2, 0) is 14.2 Å². The number of hydrogen-bond acceptors (Lipinski definition) is 10. The highest BCUT2D eigenvalue weighted by atomic mass is 16.6. The SMILES string of the molecule is C.O=C(OCCO)c1ccccc1O.O=C(OCCOC(=O)c1ccccc1O)c1ccccc1O. The number of phenolic OH excluding ortho intramolecular Hbond substituents is 3. The third-order valence-electron chi connectivity index (χ3n) is 4.25. The number of para-hydroxylation sites is 3. The van der Waals surface area contributed by atoms with Crippen molar-refractivity contribution in [3.8, 4) is 17.2 Å². The molecule has 0 aliphatic heterocycles. The van der Waals surface area contributed by atoms with E-state index in [1.807, 2.05) is 0 Å². The Labute approximate surface area is 207 Å². The highest BCUT2D eigenvalue weighted by molar-refractivity contribution is 5.93. The second kappa shape index (κ2) is 15.4. The molecule has 0 aliphatic rings. The van der Waals surface area contributed by atoms with Crippen molar-refractivity contribution in [3.05, 3.63) is 89.5 Å². The highest BCUT2D eigenvalue weighted by Gasteiger charge is 2.14. The molecule has 0 aromatic heterocycles. The van der Waals surface area contributed by atoms with Gasteiger partial charge >= 0.3 is 17.9 Å². The Morgan fingerprint density at radius 1 is 0.528 bits per heavy atom. The second-order valence-corrected chi connectivity index (χ2v) is 6.68. The predicted molar refractivity (Wildman–Crippen MR) is 129 cm³/mol. The van der Waals surface area contributed by atoms with Gasteiger partial charge in [-0.25, -0.2) is 14.4 Å². The number of benzene rings is 3. The van der Waals surface area contributed by atoms with Crippen molar-refractivity contribution in [2.45, 2.75) is 7.43 Å². The zero-order valence-corrected chi connectivity index (χ0v) is 18.5. The standard InChI is InChI=1S/C16H14O6.C9H10O4.CH4/c17-13-7-3-1-5-11(13)15(19)21-9-10-22-16(20)12-6-2-4-8-14(12)18;10-5-6-13-9(12)7-3-1-2-4-8(7)11;/h1-8,17-18H,9-10H2;1-4,10-11H,5-6H2;1H4. The summed E-state index contributed by atoms with van der Waals surface area (Å²) in [6, 6.07) is 18.0. The van der Waals surface area contributed by atoms with E-state index in [4.69, 9.17) is 14.6 Å². The summed E-state index contributed by atoms with van der Waals surface area (Å²) in [5.74, 6) is -2.54. The molecular formula is C26H28O10. The van der Waals surface area contributed by atoms with Crippen molar-refractivity contribution in [1.82, 2.24) is 0 Å². The van der Waals surface area contributed by atoms with Gasteiger partial charge in [-0.2, -0.15) is 0 Å². The van der Waals surface area contributed by atoms with Crippen LogP contribution in [0.5, 0.6) is 17.2 Å². The smallest absolute Gasteiger partial charge is 0.342 e. The van der Waals surface area contributed by atoms with Crippen molar-refractivity contribution in [3.63, 3.8) is 0 Å². The monoisotopic (exact) mass is 500 g/mol. The number of carbonyl (C=O) groups excluding carboxylic acids is 3. The lowest BCUT2D eigenvalue weighted by Gasteiger charge is -2.08. The number of phenols is 3. The first kappa shape index (κ1) is 29.5. The summed E-state index contributed by atoms with van der Waals surface area (Å²) >= 11 is 0. The average molecular weight is 501 g/mol. The van der Waals surface area contributed by atoms with Crippen molar-refractivity contribution < 1.29 is 49.0 Å². The molecule has 0 fully saturated rings. The van der Waals surface area contributed by atoms with Gasteiger partial charge in [0.2, 0.25) is 0 Å². The zero-order chi connectivity index (χ0) is 25.6. The summed E-state index contributed by atoms with van der Waals surface area (Å²) < 4.78 is 14.4. The van der Waals surface area contributed by atoms with Gasteiger partial charge in [-0.3, -0.25) is 0 Å². The van der Waals surface area contributed by atoms with E-state index in [1.54, 1.807) is 36.4 Å². The molecule has 0 aliphatic carbocycles. The first-order valence-electron chi connectivity index (χ1n) is 10.3. The highest BCUT2D eigenvalue weighted by Crippen LogP contribution is 2.18. The molecule has 0 spiro atoms.